The molecule has 1 unspecified atom stereocenters. The molecule has 1 aromatic carbocycles. The average Bonchev–Trinajstić information content (AvgIpc) is 3.09. The van der Waals surface area contributed by atoms with Crippen molar-refractivity contribution in [3.63, 3.8) is 0 Å². The van der Waals surface area contributed by atoms with E-state index in [1.54, 1.807) is 25.6 Å². The number of methoxy groups -OCH3 is 2. The van der Waals surface area contributed by atoms with E-state index in [0.717, 1.165) is 23.1 Å². The second kappa shape index (κ2) is 8.63. The van der Waals surface area contributed by atoms with Gasteiger partial charge in [-0.25, -0.2) is 0 Å². The number of hydrogen-bond donors (Lipinski definition) is 1. The fraction of sp³-hybridized carbons (Fsp3) is 0.450. The van der Waals surface area contributed by atoms with E-state index < -0.39 is 5.97 Å². The van der Waals surface area contributed by atoms with Crippen molar-refractivity contribution in [2.75, 3.05) is 27.3 Å². The molecule has 1 aromatic heterocycles. The summed E-state index contributed by atoms with van der Waals surface area (Å²) in [6.45, 7) is 3.59. The number of benzene rings is 1. The number of aryl methyl sites for hydroxylation is 1. The van der Waals surface area contributed by atoms with Gasteiger partial charge in [0.2, 0.25) is 0 Å². The summed E-state index contributed by atoms with van der Waals surface area (Å²) in [7, 11) is 3.26. The lowest BCUT2D eigenvalue weighted by Crippen LogP contribution is -2.39. The molecule has 0 radical (unpaired) electrons. The largest absolute Gasteiger partial charge is 0.493 e. The molecule has 1 atom stereocenters. The minimum atomic E-state index is -0.689. The van der Waals surface area contributed by atoms with Crippen molar-refractivity contribution < 1.29 is 19.4 Å². The maximum absolute atomic E-state index is 11.3. The van der Waals surface area contributed by atoms with Gasteiger partial charge in [0.05, 0.1) is 26.2 Å². The number of carbonyl (C=O) groups is 1. The van der Waals surface area contributed by atoms with Crippen LogP contribution in [0.1, 0.15) is 34.9 Å². The van der Waals surface area contributed by atoms with Gasteiger partial charge in [-0.3, -0.25) is 9.69 Å². The molecule has 3 rings (SSSR count). The first kappa shape index (κ1) is 20.2. The Balaban J connectivity index is 2.00. The first-order chi connectivity index (χ1) is 12.9. The maximum Gasteiger partial charge on any atom is 0.306 e. The number of carboxylic acid groups (broad SMARTS) is 1. The summed E-state index contributed by atoms with van der Waals surface area (Å²) in [4.78, 5) is 14.9. The van der Waals surface area contributed by atoms with E-state index in [1.165, 1.54) is 10.4 Å². The molecule has 5 nitrogen and oxygen atoms in total. The van der Waals surface area contributed by atoms with Crippen LogP contribution >= 0.6 is 27.3 Å². The SMILES string of the molecule is COc1cc(Br)c(C(c2cc(C)cs2)N2CCC(C(=O)O)CC2)cc1OC. The number of ether oxygens (including phenoxy) is 2. The minimum absolute atomic E-state index is 0.0487. The van der Waals surface area contributed by atoms with Crippen LogP contribution in [0.25, 0.3) is 0 Å². The highest BCUT2D eigenvalue weighted by atomic mass is 79.9. The van der Waals surface area contributed by atoms with Gasteiger partial charge in [-0.15, -0.1) is 11.3 Å². The molecule has 1 fully saturated rings. The van der Waals surface area contributed by atoms with Crippen LogP contribution in [0, 0.1) is 12.8 Å². The summed E-state index contributed by atoms with van der Waals surface area (Å²) >= 11 is 5.44. The molecule has 2 aromatic rings. The zero-order chi connectivity index (χ0) is 19.6. The van der Waals surface area contributed by atoms with Gasteiger partial charge < -0.3 is 14.6 Å². The van der Waals surface area contributed by atoms with E-state index in [0.29, 0.717) is 24.3 Å². The Labute approximate surface area is 172 Å². The number of likely N-dealkylation sites (tertiary alicyclic amines) is 1. The highest BCUT2D eigenvalue weighted by Gasteiger charge is 2.32. The molecule has 27 heavy (non-hydrogen) atoms. The van der Waals surface area contributed by atoms with Gasteiger partial charge in [0.1, 0.15) is 0 Å². The van der Waals surface area contributed by atoms with Crippen molar-refractivity contribution in [2.45, 2.75) is 25.8 Å². The third kappa shape index (κ3) is 4.31. The van der Waals surface area contributed by atoms with E-state index in [1.807, 2.05) is 12.1 Å². The Morgan fingerprint density at radius 3 is 2.37 bits per heavy atom. The Kier molecular flexibility index (Phi) is 6.44. The van der Waals surface area contributed by atoms with Crippen LogP contribution in [0.2, 0.25) is 0 Å². The number of rotatable bonds is 6. The number of carboxylic acids is 1. The summed E-state index contributed by atoms with van der Waals surface area (Å²) in [6, 6.07) is 6.21. The predicted molar refractivity (Wildman–Crippen MR) is 110 cm³/mol. The number of piperidine rings is 1. The van der Waals surface area contributed by atoms with Gasteiger partial charge >= 0.3 is 5.97 Å². The molecule has 0 spiro atoms. The molecule has 1 saturated heterocycles. The molecule has 0 saturated carbocycles. The standard InChI is InChI=1S/C20H24BrNO4S/c1-12-8-18(27-11-12)19(22-6-4-13(5-7-22)20(23)24)14-9-16(25-2)17(26-3)10-15(14)21/h8-11,13,19H,4-7H2,1-3H3,(H,23,24). The number of hydrogen-bond acceptors (Lipinski definition) is 5. The smallest absolute Gasteiger partial charge is 0.306 e. The van der Waals surface area contributed by atoms with Gasteiger partial charge in [-0.2, -0.15) is 0 Å². The minimum Gasteiger partial charge on any atom is -0.493 e. The zero-order valence-corrected chi connectivity index (χ0v) is 18.1. The van der Waals surface area contributed by atoms with Gasteiger partial charge in [0, 0.05) is 9.35 Å². The Morgan fingerprint density at radius 1 is 1.22 bits per heavy atom. The maximum atomic E-state index is 11.3. The van der Waals surface area contributed by atoms with Gasteiger partial charge in [0.15, 0.2) is 11.5 Å². The van der Waals surface area contributed by atoms with E-state index in [4.69, 9.17) is 9.47 Å². The number of aliphatic carboxylic acids is 1. The fourth-order valence-electron chi connectivity index (χ4n) is 3.61. The molecular formula is C20H24BrNO4S. The first-order valence-electron chi connectivity index (χ1n) is 8.88. The molecule has 1 aliphatic heterocycles. The van der Waals surface area contributed by atoms with Crippen LogP contribution in [0.4, 0.5) is 0 Å². The second-order valence-corrected chi connectivity index (χ2v) is 8.60. The highest BCUT2D eigenvalue weighted by Crippen LogP contribution is 2.43. The molecular weight excluding hydrogens is 430 g/mol. The average molecular weight is 454 g/mol. The third-order valence-corrected chi connectivity index (χ3v) is 6.85. The Hall–Kier alpha value is -1.57. The normalized spacial score (nSPS) is 16.9. The van der Waals surface area contributed by atoms with Crippen LogP contribution < -0.4 is 9.47 Å². The third-order valence-electron chi connectivity index (χ3n) is 5.06. The summed E-state index contributed by atoms with van der Waals surface area (Å²) in [5.74, 6) is 0.430. The van der Waals surface area contributed by atoms with Crippen molar-refractivity contribution in [2.24, 2.45) is 5.92 Å². The van der Waals surface area contributed by atoms with Crippen molar-refractivity contribution in [1.29, 1.82) is 0 Å². The molecule has 0 bridgehead atoms. The van der Waals surface area contributed by atoms with Crippen molar-refractivity contribution in [3.05, 3.63) is 44.1 Å². The van der Waals surface area contributed by atoms with E-state index in [-0.39, 0.29) is 12.0 Å². The fourth-order valence-corrected chi connectivity index (χ4v) is 5.20. The van der Waals surface area contributed by atoms with Crippen molar-refractivity contribution in [1.82, 2.24) is 4.90 Å². The van der Waals surface area contributed by atoms with Crippen molar-refractivity contribution in [3.8, 4) is 11.5 Å². The first-order valence-corrected chi connectivity index (χ1v) is 10.5. The quantitative estimate of drug-likeness (QED) is 0.685. The van der Waals surface area contributed by atoms with Crippen LogP contribution in [-0.4, -0.2) is 43.3 Å². The van der Waals surface area contributed by atoms with E-state index in [9.17, 15) is 9.90 Å². The van der Waals surface area contributed by atoms with E-state index in [2.05, 4.69) is 39.2 Å². The van der Waals surface area contributed by atoms with Crippen LogP contribution in [0.15, 0.2) is 28.1 Å². The molecule has 146 valence electrons. The zero-order valence-electron chi connectivity index (χ0n) is 15.7. The number of halogens is 1. The lowest BCUT2D eigenvalue weighted by molar-refractivity contribution is -0.143. The van der Waals surface area contributed by atoms with Crippen molar-refractivity contribution >= 4 is 33.2 Å². The van der Waals surface area contributed by atoms with Crippen LogP contribution in [0.5, 0.6) is 11.5 Å². The topological polar surface area (TPSA) is 59.0 Å². The van der Waals surface area contributed by atoms with Crippen LogP contribution in [0.3, 0.4) is 0 Å². The molecule has 0 amide bonds. The molecule has 1 N–H and O–H groups in total. The molecule has 7 heteroatoms. The highest BCUT2D eigenvalue weighted by molar-refractivity contribution is 9.10. The van der Waals surface area contributed by atoms with Gasteiger partial charge in [-0.05, 0) is 67.6 Å². The summed E-state index contributed by atoms with van der Waals surface area (Å²) in [6.07, 6.45) is 1.34. The Morgan fingerprint density at radius 2 is 1.85 bits per heavy atom. The van der Waals surface area contributed by atoms with E-state index >= 15 is 0 Å². The summed E-state index contributed by atoms with van der Waals surface area (Å²) in [5.41, 5.74) is 2.33. The number of nitrogens with zero attached hydrogens (tertiary/aromatic N) is 1. The monoisotopic (exact) mass is 453 g/mol. The molecule has 0 aliphatic carbocycles. The Bertz CT molecular complexity index is 814. The summed E-state index contributed by atoms with van der Waals surface area (Å²) in [5, 5.41) is 11.5. The lowest BCUT2D eigenvalue weighted by Gasteiger charge is -2.37. The number of thiophene rings is 1. The van der Waals surface area contributed by atoms with Crippen LogP contribution in [-0.2, 0) is 4.79 Å². The predicted octanol–water partition coefficient (Wildman–Crippen LogP) is 4.72. The van der Waals surface area contributed by atoms with Gasteiger partial charge in [-0.1, -0.05) is 15.9 Å². The second-order valence-electron chi connectivity index (χ2n) is 6.81. The molecule has 1 aliphatic rings. The lowest BCUT2D eigenvalue weighted by atomic mass is 9.93. The van der Waals surface area contributed by atoms with Gasteiger partial charge in [0.25, 0.3) is 0 Å². The molecule has 2 heterocycles. The summed E-state index contributed by atoms with van der Waals surface area (Å²) < 4.78 is 11.9.